The highest BCUT2D eigenvalue weighted by Gasteiger charge is 2.08. The lowest BCUT2D eigenvalue weighted by molar-refractivity contribution is 1.62. The lowest BCUT2D eigenvalue weighted by Crippen LogP contribution is -1.95. The van der Waals surface area contributed by atoms with Crippen molar-refractivity contribution in [3.63, 3.8) is 0 Å². The summed E-state index contributed by atoms with van der Waals surface area (Å²) in [6, 6.07) is 1.61. The van der Waals surface area contributed by atoms with Crippen LogP contribution in [0.1, 0.15) is 0 Å². The predicted octanol–water partition coefficient (Wildman–Crippen LogP) is 2.92. The third-order valence-corrected chi connectivity index (χ3v) is 2.97. The van der Waals surface area contributed by atoms with E-state index in [1.807, 2.05) is 0 Å². The molecular formula is C6H5BrCl2N2. The fourth-order valence-corrected chi connectivity index (χ4v) is 1.55. The molecule has 2 nitrogen and oxygen atoms in total. The van der Waals surface area contributed by atoms with Crippen molar-refractivity contribution >= 4 is 50.5 Å². The summed E-state index contributed by atoms with van der Waals surface area (Å²) in [6.07, 6.45) is 0. The van der Waals surface area contributed by atoms with Crippen LogP contribution in [-0.4, -0.2) is 0 Å². The molecule has 0 spiro atoms. The van der Waals surface area contributed by atoms with Crippen molar-refractivity contribution in [3.8, 4) is 0 Å². The molecule has 0 saturated carbocycles. The zero-order chi connectivity index (χ0) is 8.59. The molecule has 60 valence electrons. The maximum absolute atomic E-state index is 5.74. The molecule has 1 aromatic rings. The van der Waals surface area contributed by atoms with Gasteiger partial charge in [0.05, 0.1) is 21.4 Å². The normalized spacial score (nSPS) is 10.1. The molecule has 1 rings (SSSR count). The summed E-state index contributed by atoms with van der Waals surface area (Å²) in [5, 5.41) is 0.678. The van der Waals surface area contributed by atoms with E-state index in [1.54, 1.807) is 6.07 Å². The largest absolute Gasteiger partial charge is 0.397 e. The van der Waals surface area contributed by atoms with Crippen LogP contribution in [0.4, 0.5) is 11.4 Å². The molecule has 0 aliphatic carbocycles. The van der Waals surface area contributed by atoms with Crippen LogP contribution in [0, 0.1) is 0 Å². The number of benzene rings is 1. The lowest BCUT2D eigenvalue weighted by Gasteiger charge is -2.05. The zero-order valence-electron chi connectivity index (χ0n) is 5.37. The van der Waals surface area contributed by atoms with Gasteiger partial charge in [0.1, 0.15) is 0 Å². The van der Waals surface area contributed by atoms with E-state index in [4.69, 9.17) is 34.7 Å². The van der Waals surface area contributed by atoms with E-state index in [1.165, 1.54) is 0 Å². The lowest BCUT2D eigenvalue weighted by atomic mass is 10.3. The molecule has 1 aromatic carbocycles. The van der Waals surface area contributed by atoms with Crippen molar-refractivity contribution in [2.75, 3.05) is 11.5 Å². The van der Waals surface area contributed by atoms with Crippen molar-refractivity contribution in [3.05, 3.63) is 20.6 Å². The van der Waals surface area contributed by atoms with Crippen LogP contribution in [0.25, 0.3) is 0 Å². The molecule has 5 heteroatoms. The topological polar surface area (TPSA) is 52.0 Å². The monoisotopic (exact) mass is 254 g/mol. The van der Waals surface area contributed by atoms with E-state index >= 15 is 0 Å². The molecule has 11 heavy (non-hydrogen) atoms. The number of nitrogens with two attached hydrogens (primary N) is 2. The Hall–Kier alpha value is -0.120. The molecule has 0 aliphatic rings. The molecule has 0 aliphatic heterocycles. The second-order valence-electron chi connectivity index (χ2n) is 1.99. The van der Waals surface area contributed by atoms with Crippen molar-refractivity contribution in [1.29, 1.82) is 0 Å². The minimum Gasteiger partial charge on any atom is -0.397 e. The van der Waals surface area contributed by atoms with Crippen molar-refractivity contribution in [2.45, 2.75) is 0 Å². The van der Waals surface area contributed by atoms with Gasteiger partial charge in [-0.25, -0.2) is 0 Å². The molecule has 0 unspecified atom stereocenters. The van der Waals surface area contributed by atoms with Crippen LogP contribution in [0.2, 0.25) is 10.0 Å². The average Bonchev–Trinajstić information content (AvgIpc) is 1.97. The average molecular weight is 256 g/mol. The van der Waals surface area contributed by atoms with Crippen LogP contribution < -0.4 is 11.5 Å². The molecular weight excluding hydrogens is 251 g/mol. The van der Waals surface area contributed by atoms with Crippen molar-refractivity contribution < 1.29 is 0 Å². The van der Waals surface area contributed by atoms with E-state index < -0.39 is 0 Å². The smallest absolute Gasteiger partial charge is 0.0854 e. The van der Waals surface area contributed by atoms with Gasteiger partial charge in [0, 0.05) is 4.47 Å². The van der Waals surface area contributed by atoms with Gasteiger partial charge in [0.15, 0.2) is 0 Å². The molecule has 0 saturated heterocycles. The SMILES string of the molecule is Nc1cc(Br)c(Cl)c(Cl)c1N. The number of hydrogen-bond acceptors (Lipinski definition) is 2. The molecule has 0 atom stereocenters. The van der Waals surface area contributed by atoms with Gasteiger partial charge >= 0.3 is 0 Å². The van der Waals surface area contributed by atoms with Gasteiger partial charge in [-0.05, 0) is 22.0 Å². The Labute approximate surface area is 82.6 Å². The Kier molecular flexibility index (Phi) is 2.52. The summed E-state index contributed by atoms with van der Waals surface area (Å²) in [5.41, 5.74) is 11.7. The molecule has 0 fully saturated rings. The second-order valence-corrected chi connectivity index (χ2v) is 3.60. The van der Waals surface area contributed by atoms with Crippen LogP contribution in [0.15, 0.2) is 10.5 Å². The molecule has 0 bridgehead atoms. The summed E-state index contributed by atoms with van der Waals surface area (Å²) >= 11 is 14.6. The predicted molar refractivity (Wildman–Crippen MR) is 53.0 cm³/mol. The first kappa shape index (κ1) is 8.97. The maximum atomic E-state index is 5.74. The number of nitrogen functional groups attached to an aromatic ring is 2. The first-order valence-electron chi connectivity index (χ1n) is 2.72. The Morgan fingerprint density at radius 2 is 1.73 bits per heavy atom. The minimum atomic E-state index is 0.290. The third kappa shape index (κ3) is 1.55. The molecule has 0 heterocycles. The Bertz CT molecular complexity index is 275. The van der Waals surface area contributed by atoms with Gasteiger partial charge in [-0.3, -0.25) is 0 Å². The summed E-state index contributed by atoms with van der Waals surface area (Å²) in [4.78, 5) is 0. The third-order valence-electron chi connectivity index (χ3n) is 1.23. The molecule has 0 amide bonds. The van der Waals surface area contributed by atoms with Crippen LogP contribution >= 0.6 is 39.1 Å². The first-order chi connectivity index (χ1) is 5.04. The fraction of sp³-hybridized carbons (Fsp3) is 0. The van der Waals surface area contributed by atoms with Gasteiger partial charge in [0.2, 0.25) is 0 Å². The highest BCUT2D eigenvalue weighted by Crippen LogP contribution is 2.38. The Balaban J connectivity index is 3.46. The molecule has 0 radical (unpaired) electrons. The molecule has 4 N–H and O–H groups in total. The van der Waals surface area contributed by atoms with Gasteiger partial charge in [-0.15, -0.1) is 0 Å². The Morgan fingerprint density at radius 1 is 1.18 bits per heavy atom. The summed E-state index contributed by atoms with van der Waals surface area (Å²) in [6.45, 7) is 0. The van der Waals surface area contributed by atoms with Gasteiger partial charge in [-0.2, -0.15) is 0 Å². The van der Waals surface area contributed by atoms with E-state index in [0.29, 0.717) is 25.9 Å². The number of hydrogen-bond donors (Lipinski definition) is 2. The standard InChI is InChI=1S/C6H5BrCl2N2/c7-2-1-3(10)6(11)5(9)4(2)8/h1H,10-11H2. The van der Waals surface area contributed by atoms with E-state index in [-0.39, 0.29) is 0 Å². The maximum Gasteiger partial charge on any atom is 0.0854 e. The second kappa shape index (κ2) is 3.09. The summed E-state index contributed by atoms with van der Waals surface area (Å²) < 4.78 is 0.649. The quantitative estimate of drug-likeness (QED) is 0.553. The zero-order valence-corrected chi connectivity index (χ0v) is 8.46. The molecule has 0 aromatic heterocycles. The van der Waals surface area contributed by atoms with Crippen molar-refractivity contribution in [1.82, 2.24) is 0 Å². The van der Waals surface area contributed by atoms with Gasteiger partial charge < -0.3 is 11.5 Å². The number of rotatable bonds is 0. The fourth-order valence-electron chi connectivity index (χ4n) is 0.627. The van der Waals surface area contributed by atoms with Crippen LogP contribution in [-0.2, 0) is 0 Å². The first-order valence-corrected chi connectivity index (χ1v) is 4.27. The van der Waals surface area contributed by atoms with E-state index in [2.05, 4.69) is 15.9 Å². The van der Waals surface area contributed by atoms with E-state index in [0.717, 1.165) is 0 Å². The number of halogens is 3. The van der Waals surface area contributed by atoms with Crippen LogP contribution in [0.5, 0.6) is 0 Å². The van der Waals surface area contributed by atoms with Gasteiger partial charge in [-0.1, -0.05) is 23.2 Å². The highest BCUT2D eigenvalue weighted by atomic mass is 79.9. The summed E-state index contributed by atoms with van der Waals surface area (Å²) in [5.74, 6) is 0. The van der Waals surface area contributed by atoms with Gasteiger partial charge in [0.25, 0.3) is 0 Å². The Morgan fingerprint density at radius 3 is 2.27 bits per heavy atom. The van der Waals surface area contributed by atoms with Crippen molar-refractivity contribution in [2.24, 2.45) is 0 Å². The summed E-state index contributed by atoms with van der Waals surface area (Å²) in [7, 11) is 0. The van der Waals surface area contributed by atoms with E-state index in [9.17, 15) is 0 Å². The number of anilines is 2. The highest BCUT2D eigenvalue weighted by molar-refractivity contribution is 9.10. The minimum absolute atomic E-state index is 0.290. The van der Waals surface area contributed by atoms with Crippen LogP contribution in [0.3, 0.4) is 0 Å².